The Kier molecular flexibility index (Phi) is 6.27. The second-order valence-corrected chi connectivity index (χ2v) is 3.70. The maximum atomic E-state index is 9.12. The fraction of sp³-hybridized carbons (Fsp3) is 0.636. The molecule has 17 heavy (non-hydrogen) atoms. The highest BCUT2D eigenvalue weighted by atomic mass is 16.5. The lowest BCUT2D eigenvalue weighted by molar-refractivity contribution is 0.153. The number of aliphatic hydroxyl groups is 1. The first-order valence-electron chi connectivity index (χ1n) is 5.72. The van der Waals surface area contributed by atoms with Crippen molar-refractivity contribution in [3.63, 3.8) is 0 Å². The lowest BCUT2D eigenvalue weighted by Gasteiger charge is -2.16. The maximum Gasteiger partial charge on any atom is 0.147 e. The largest absolute Gasteiger partial charge is 0.394 e. The molecule has 0 radical (unpaired) electrons. The van der Waals surface area contributed by atoms with Crippen molar-refractivity contribution in [3.05, 3.63) is 12.4 Å². The van der Waals surface area contributed by atoms with E-state index in [1.165, 1.54) is 0 Å². The second kappa shape index (κ2) is 7.81. The van der Waals surface area contributed by atoms with Crippen LogP contribution in [0.15, 0.2) is 12.4 Å². The van der Waals surface area contributed by atoms with Gasteiger partial charge >= 0.3 is 0 Å². The average Bonchev–Trinajstić information content (AvgIpc) is 2.36. The highest BCUT2D eigenvalue weighted by Crippen LogP contribution is 2.08. The zero-order chi connectivity index (χ0) is 12.5. The first-order chi connectivity index (χ1) is 8.30. The molecule has 1 aromatic heterocycles. The fourth-order valence-corrected chi connectivity index (χ4v) is 1.32. The van der Waals surface area contributed by atoms with Crippen LogP contribution in [-0.4, -0.2) is 48.0 Å². The normalized spacial score (nSPS) is 12.2. The van der Waals surface area contributed by atoms with E-state index in [0.717, 1.165) is 18.8 Å². The summed E-state index contributed by atoms with van der Waals surface area (Å²) in [6.07, 6.45) is 4.32. The van der Waals surface area contributed by atoms with Crippen LogP contribution in [0.1, 0.15) is 13.3 Å². The summed E-state index contributed by atoms with van der Waals surface area (Å²) in [6, 6.07) is -0.171. The molecule has 1 atom stereocenters. The van der Waals surface area contributed by atoms with Crippen LogP contribution in [0.4, 0.5) is 11.6 Å². The van der Waals surface area contributed by atoms with E-state index in [4.69, 9.17) is 9.84 Å². The molecule has 6 nitrogen and oxygen atoms in total. The van der Waals surface area contributed by atoms with Gasteiger partial charge in [0, 0.05) is 13.7 Å². The predicted octanol–water partition coefficient (Wildman–Crippen LogP) is 0.718. The molecule has 1 unspecified atom stereocenters. The number of hydrogen-bond acceptors (Lipinski definition) is 6. The number of rotatable bonds is 8. The summed E-state index contributed by atoms with van der Waals surface area (Å²) < 4.78 is 4.98. The van der Waals surface area contributed by atoms with E-state index >= 15 is 0 Å². The molecule has 1 rings (SSSR count). The van der Waals surface area contributed by atoms with E-state index in [0.29, 0.717) is 12.4 Å². The van der Waals surface area contributed by atoms with Crippen LogP contribution in [-0.2, 0) is 4.74 Å². The molecule has 0 amide bonds. The van der Waals surface area contributed by atoms with Gasteiger partial charge in [0.05, 0.1) is 31.6 Å². The molecule has 0 aromatic carbocycles. The molecule has 96 valence electrons. The molecule has 0 saturated carbocycles. The summed E-state index contributed by atoms with van der Waals surface area (Å²) >= 11 is 0. The van der Waals surface area contributed by atoms with E-state index in [9.17, 15) is 0 Å². The number of hydrogen-bond donors (Lipinski definition) is 3. The molecule has 0 aliphatic heterocycles. The lowest BCUT2D eigenvalue weighted by Crippen LogP contribution is -2.29. The molecular formula is C11H20N4O2. The van der Waals surface area contributed by atoms with Gasteiger partial charge in [-0.3, -0.25) is 4.98 Å². The predicted molar refractivity (Wildman–Crippen MR) is 67.2 cm³/mol. The van der Waals surface area contributed by atoms with E-state index in [2.05, 4.69) is 27.5 Å². The third kappa shape index (κ3) is 4.97. The number of anilines is 2. The Morgan fingerprint density at radius 2 is 2.18 bits per heavy atom. The maximum absolute atomic E-state index is 9.12. The van der Waals surface area contributed by atoms with Gasteiger partial charge in [-0.25, -0.2) is 4.98 Å². The van der Waals surface area contributed by atoms with Crippen LogP contribution in [0.3, 0.4) is 0 Å². The molecule has 0 aliphatic carbocycles. The Labute approximate surface area is 101 Å². The first kappa shape index (κ1) is 13.7. The molecule has 0 aliphatic rings. The molecule has 0 bridgehead atoms. The van der Waals surface area contributed by atoms with Crippen LogP contribution in [0, 0.1) is 0 Å². The second-order valence-electron chi connectivity index (χ2n) is 3.70. The van der Waals surface area contributed by atoms with Crippen LogP contribution >= 0.6 is 0 Å². The van der Waals surface area contributed by atoms with Crippen LogP contribution in [0.5, 0.6) is 0 Å². The number of nitrogens with zero attached hydrogens (tertiary/aromatic N) is 2. The summed E-state index contributed by atoms with van der Waals surface area (Å²) in [7, 11) is 1.59. The Hall–Kier alpha value is -1.40. The van der Waals surface area contributed by atoms with Gasteiger partial charge in [-0.05, 0) is 6.42 Å². The molecule has 6 heteroatoms. The smallest absolute Gasteiger partial charge is 0.147 e. The summed E-state index contributed by atoms with van der Waals surface area (Å²) in [6.45, 7) is 3.36. The third-order valence-corrected chi connectivity index (χ3v) is 2.13. The van der Waals surface area contributed by atoms with Gasteiger partial charge in [0.15, 0.2) is 0 Å². The van der Waals surface area contributed by atoms with Crippen LogP contribution in [0.25, 0.3) is 0 Å². The summed E-state index contributed by atoms with van der Waals surface area (Å²) in [5.74, 6) is 1.35. The van der Waals surface area contributed by atoms with Crippen LogP contribution in [0.2, 0.25) is 0 Å². The topological polar surface area (TPSA) is 79.3 Å². The number of aliphatic hydroxyl groups excluding tert-OH is 1. The molecular weight excluding hydrogens is 220 g/mol. The highest BCUT2D eigenvalue weighted by molar-refractivity contribution is 5.42. The van der Waals surface area contributed by atoms with E-state index in [1.54, 1.807) is 19.5 Å². The molecule has 0 spiro atoms. The molecule has 3 N–H and O–H groups in total. The fourth-order valence-electron chi connectivity index (χ4n) is 1.32. The van der Waals surface area contributed by atoms with Crippen molar-refractivity contribution in [2.24, 2.45) is 0 Å². The van der Waals surface area contributed by atoms with Gasteiger partial charge in [-0.15, -0.1) is 0 Å². The van der Waals surface area contributed by atoms with Crippen molar-refractivity contribution in [2.75, 3.05) is 37.5 Å². The first-order valence-corrected chi connectivity index (χ1v) is 5.72. The Bertz CT molecular complexity index is 322. The SMILES string of the molecule is CCCNc1cncc(NC(CO)COC)n1. The Morgan fingerprint density at radius 1 is 1.41 bits per heavy atom. The van der Waals surface area contributed by atoms with E-state index in [1.807, 2.05) is 0 Å². The zero-order valence-corrected chi connectivity index (χ0v) is 10.3. The van der Waals surface area contributed by atoms with Gasteiger partial charge in [0.25, 0.3) is 0 Å². The zero-order valence-electron chi connectivity index (χ0n) is 10.3. The van der Waals surface area contributed by atoms with E-state index in [-0.39, 0.29) is 12.6 Å². The third-order valence-electron chi connectivity index (χ3n) is 2.13. The van der Waals surface area contributed by atoms with Gasteiger partial charge in [-0.2, -0.15) is 0 Å². The van der Waals surface area contributed by atoms with E-state index < -0.39 is 0 Å². The quantitative estimate of drug-likeness (QED) is 0.621. The van der Waals surface area contributed by atoms with Gasteiger partial charge in [-0.1, -0.05) is 6.92 Å². The number of aromatic nitrogens is 2. The lowest BCUT2D eigenvalue weighted by atomic mass is 10.3. The number of nitrogens with one attached hydrogen (secondary N) is 2. The Morgan fingerprint density at radius 3 is 2.82 bits per heavy atom. The average molecular weight is 240 g/mol. The minimum absolute atomic E-state index is 0.0118. The minimum atomic E-state index is -0.171. The number of ether oxygens (including phenoxy) is 1. The summed E-state index contributed by atoms with van der Waals surface area (Å²) in [5.41, 5.74) is 0. The summed E-state index contributed by atoms with van der Waals surface area (Å²) in [5, 5.41) is 15.3. The van der Waals surface area contributed by atoms with Crippen molar-refractivity contribution in [1.82, 2.24) is 9.97 Å². The van der Waals surface area contributed by atoms with Crippen molar-refractivity contribution in [1.29, 1.82) is 0 Å². The monoisotopic (exact) mass is 240 g/mol. The number of methoxy groups -OCH3 is 1. The standard InChI is InChI=1S/C11H20N4O2/c1-3-4-13-10-5-12-6-11(15-10)14-9(7-16)8-17-2/h5-6,9,16H,3-4,7-8H2,1-2H3,(H2,13,14,15). The highest BCUT2D eigenvalue weighted by Gasteiger charge is 2.07. The molecule has 1 heterocycles. The van der Waals surface area contributed by atoms with Crippen molar-refractivity contribution in [3.8, 4) is 0 Å². The minimum Gasteiger partial charge on any atom is -0.394 e. The Balaban J connectivity index is 2.57. The van der Waals surface area contributed by atoms with Gasteiger partial charge in [0.1, 0.15) is 11.6 Å². The van der Waals surface area contributed by atoms with Gasteiger partial charge < -0.3 is 20.5 Å². The van der Waals surface area contributed by atoms with Crippen LogP contribution < -0.4 is 10.6 Å². The van der Waals surface area contributed by atoms with Crippen molar-refractivity contribution < 1.29 is 9.84 Å². The molecule has 1 aromatic rings. The summed E-state index contributed by atoms with van der Waals surface area (Å²) in [4.78, 5) is 8.40. The molecule has 0 saturated heterocycles. The van der Waals surface area contributed by atoms with Crippen molar-refractivity contribution >= 4 is 11.6 Å². The molecule has 0 fully saturated rings. The van der Waals surface area contributed by atoms with Gasteiger partial charge in [0.2, 0.25) is 0 Å². The van der Waals surface area contributed by atoms with Crippen molar-refractivity contribution in [2.45, 2.75) is 19.4 Å².